The molecular formula is C20H28N2O3. The molecule has 136 valence electrons. The van der Waals surface area contributed by atoms with Gasteiger partial charge in [-0.3, -0.25) is 9.69 Å². The van der Waals surface area contributed by atoms with E-state index in [0.717, 1.165) is 25.6 Å². The van der Waals surface area contributed by atoms with E-state index in [1.807, 2.05) is 18.2 Å². The van der Waals surface area contributed by atoms with Crippen LogP contribution in [-0.4, -0.2) is 55.3 Å². The van der Waals surface area contributed by atoms with Crippen molar-refractivity contribution in [3.8, 4) is 0 Å². The number of carbonyl (C=O) groups is 1. The molecule has 0 aromatic heterocycles. The lowest BCUT2D eigenvalue weighted by Crippen LogP contribution is -2.59. The van der Waals surface area contributed by atoms with E-state index in [4.69, 9.17) is 9.47 Å². The van der Waals surface area contributed by atoms with Gasteiger partial charge in [0.15, 0.2) is 0 Å². The zero-order chi connectivity index (χ0) is 17.3. The van der Waals surface area contributed by atoms with Crippen molar-refractivity contribution in [2.75, 3.05) is 32.8 Å². The van der Waals surface area contributed by atoms with Crippen LogP contribution in [-0.2, 0) is 20.9 Å². The molecule has 2 unspecified atom stereocenters. The maximum absolute atomic E-state index is 12.4. The summed E-state index contributed by atoms with van der Waals surface area (Å²) in [4.78, 5) is 14.9. The van der Waals surface area contributed by atoms with E-state index in [-0.39, 0.29) is 23.5 Å². The highest BCUT2D eigenvalue weighted by molar-refractivity contribution is 5.81. The van der Waals surface area contributed by atoms with E-state index in [1.54, 1.807) is 0 Å². The van der Waals surface area contributed by atoms with Crippen molar-refractivity contribution >= 4 is 5.91 Å². The van der Waals surface area contributed by atoms with Crippen molar-refractivity contribution in [2.45, 2.75) is 38.0 Å². The standard InChI is InChI=1S/C20H28N2O3/c1-15(12-24-13-16-5-3-2-4-6-16)9-21-19(23)18-11-22-10-17-7-20(22,8-17)14-25-18/h2-6,15,17-18H,7-14H2,1H3,(H,21,23). The summed E-state index contributed by atoms with van der Waals surface area (Å²) in [6.45, 7) is 6.59. The number of amides is 1. The quantitative estimate of drug-likeness (QED) is 0.820. The summed E-state index contributed by atoms with van der Waals surface area (Å²) in [5.74, 6) is 1.14. The van der Waals surface area contributed by atoms with Crippen LogP contribution in [0.1, 0.15) is 25.3 Å². The molecule has 2 atom stereocenters. The molecule has 2 bridgehead atoms. The summed E-state index contributed by atoms with van der Waals surface area (Å²) in [6.07, 6.45) is 2.20. The van der Waals surface area contributed by atoms with Crippen LogP contribution in [0.5, 0.6) is 0 Å². The fraction of sp³-hybridized carbons (Fsp3) is 0.650. The highest BCUT2D eigenvalue weighted by Gasteiger charge is 2.58. The first-order valence-corrected chi connectivity index (χ1v) is 9.41. The molecule has 5 heteroatoms. The first-order valence-electron chi connectivity index (χ1n) is 9.41. The van der Waals surface area contributed by atoms with Crippen LogP contribution in [0.3, 0.4) is 0 Å². The molecule has 1 saturated carbocycles. The minimum Gasteiger partial charge on any atom is -0.376 e. The second kappa shape index (κ2) is 7.06. The number of hydrogen-bond acceptors (Lipinski definition) is 4. The van der Waals surface area contributed by atoms with Crippen LogP contribution < -0.4 is 5.32 Å². The summed E-state index contributed by atoms with van der Waals surface area (Å²) in [5, 5.41) is 3.04. The van der Waals surface area contributed by atoms with E-state index in [9.17, 15) is 4.79 Å². The third kappa shape index (κ3) is 3.59. The monoisotopic (exact) mass is 344 g/mol. The Morgan fingerprint density at radius 1 is 1.36 bits per heavy atom. The van der Waals surface area contributed by atoms with Crippen molar-refractivity contribution in [2.24, 2.45) is 11.8 Å². The van der Waals surface area contributed by atoms with Gasteiger partial charge in [-0.15, -0.1) is 0 Å². The van der Waals surface area contributed by atoms with Crippen LogP contribution in [0.4, 0.5) is 0 Å². The molecule has 4 fully saturated rings. The van der Waals surface area contributed by atoms with Crippen molar-refractivity contribution in [1.29, 1.82) is 0 Å². The predicted molar refractivity (Wildman–Crippen MR) is 95.0 cm³/mol. The van der Waals surface area contributed by atoms with Crippen molar-refractivity contribution in [3.63, 3.8) is 0 Å². The molecule has 1 aromatic carbocycles. The lowest BCUT2D eigenvalue weighted by molar-refractivity contribution is -0.149. The van der Waals surface area contributed by atoms with E-state index in [0.29, 0.717) is 19.8 Å². The van der Waals surface area contributed by atoms with E-state index >= 15 is 0 Å². The van der Waals surface area contributed by atoms with Crippen LogP contribution in [0.15, 0.2) is 30.3 Å². The van der Waals surface area contributed by atoms with Gasteiger partial charge in [-0.1, -0.05) is 37.3 Å². The van der Waals surface area contributed by atoms with E-state index in [2.05, 4.69) is 29.3 Å². The van der Waals surface area contributed by atoms with Gasteiger partial charge in [0.25, 0.3) is 0 Å². The van der Waals surface area contributed by atoms with Gasteiger partial charge >= 0.3 is 0 Å². The number of hydrogen-bond donors (Lipinski definition) is 1. The molecule has 1 amide bonds. The Bertz CT molecular complexity index is 600. The number of ether oxygens (including phenoxy) is 2. The molecule has 25 heavy (non-hydrogen) atoms. The van der Waals surface area contributed by atoms with Gasteiger partial charge in [0, 0.05) is 25.2 Å². The average molecular weight is 344 g/mol. The van der Waals surface area contributed by atoms with Gasteiger partial charge in [0.1, 0.15) is 6.10 Å². The molecule has 1 N–H and O–H groups in total. The first-order chi connectivity index (χ1) is 12.1. The average Bonchev–Trinajstić information content (AvgIpc) is 3.15. The SMILES string of the molecule is CC(CNC(=O)C1CN2CC3CC2(CO1)C3)COCc1ccccc1. The van der Waals surface area contributed by atoms with Gasteiger partial charge < -0.3 is 14.8 Å². The molecule has 0 radical (unpaired) electrons. The van der Waals surface area contributed by atoms with E-state index in [1.165, 1.54) is 18.4 Å². The number of morpholine rings is 1. The Morgan fingerprint density at radius 3 is 2.96 bits per heavy atom. The summed E-state index contributed by atoms with van der Waals surface area (Å²) < 4.78 is 11.6. The van der Waals surface area contributed by atoms with Crippen LogP contribution >= 0.6 is 0 Å². The molecule has 1 aromatic rings. The van der Waals surface area contributed by atoms with Gasteiger partial charge in [-0.25, -0.2) is 0 Å². The lowest BCUT2D eigenvalue weighted by Gasteiger charge is -2.47. The molecule has 3 heterocycles. The second-order valence-electron chi connectivity index (χ2n) is 8.05. The topological polar surface area (TPSA) is 50.8 Å². The minimum absolute atomic E-state index is 0.0221. The number of benzene rings is 1. The maximum atomic E-state index is 12.4. The Labute approximate surface area is 149 Å². The summed E-state index contributed by atoms with van der Waals surface area (Å²) in [7, 11) is 0. The highest BCUT2D eigenvalue weighted by Crippen LogP contribution is 2.52. The van der Waals surface area contributed by atoms with Crippen LogP contribution in [0, 0.1) is 11.8 Å². The normalized spacial score (nSPS) is 31.9. The lowest BCUT2D eigenvalue weighted by atomic mass is 9.73. The molecule has 5 nitrogen and oxygen atoms in total. The third-order valence-electron chi connectivity index (χ3n) is 5.86. The minimum atomic E-state index is -0.317. The molecule has 1 aliphatic carbocycles. The third-order valence-corrected chi connectivity index (χ3v) is 5.86. The fourth-order valence-corrected chi connectivity index (χ4v) is 4.45. The number of nitrogens with zero attached hydrogens (tertiary/aromatic N) is 1. The number of carbonyl (C=O) groups excluding carboxylic acids is 1. The summed E-state index contributed by atoms with van der Waals surface area (Å²) >= 11 is 0. The first kappa shape index (κ1) is 17.0. The zero-order valence-corrected chi connectivity index (χ0v) is 14.9. The molecular weight excluding hydrogens is 316 g/mol. The Kier molecular flexibility index (Phi) is 4.80. The van der Waals surface area contributed by atoms with Crippen molar-refractivity contribution in [1.82, 2.24) is 10.2 Å². The summed E-state index contributed by atoms with van der Waals surface area (Å²) in [5.41, 5.74) is 1.45. The zero-order valence-electron chi connectivity index (χ0n) is 14.9. The van der Waals surface area contributed by atoms with Gasteiger partial charge in [0.2, 0.25) is 5.91 Å². The smallest absolute Gasteiger partial charge is 0.250 e. The highest BCUT2D eigenvalue weighted by atomic mass is 16.5. The number of nitrogens with one attached hydrogen (secondary N) is 1. The van der Waals surface area contributed by atoms with Gasteiger partial charge in [0.05, 0.1) is 19.8 Å². The second-order valence-corrected chi connectivity index (χ2v) is 8.05. The molecule has 4 aliphatic rings. The van der Waals surface area contributed by atoms with E-state index < -0.39 is 0 Å². The van der Waals surface area contributed by atoms with Crippen LogP contribution in [0.2, 0.25) is 0 Å². The van der Waals surface area contributed by atoms with Crippen molar-refractivity contribution in [3.05, 3.63) is 35.9 Å². The summed E-state index contributed by atoms with van der Waals surface area (Å²) in [6, 6.07) is 10.1. The van der Waals surface area contributed by atoms with Gasteiger partial charge in [-0.2, -0.15) is 0 Å². The van der Waals surface area contributed by atoms with Crippen molar-refractivity contribution < 1.29 is 14.3 Å². The Morgan fingerprint density at radius 2 is 2.16 bits per heavy atom. The fourth-order valence-electron chi connectivity index (χ4n) is 4.45. The Hall–Kier alpha value is -1.43. The molecule has 5 rings (SSSR count). The molecule has 1 spiro atoms. The molecule has 3 aliphatic heterocycles. The largest absolute Gasteiger partial charge is 0.376 e. The number of rotatable bonds is 7. The van der Waals surface area contributed by atoms with Crippen LogP contribution in [0.25, 0.3) is 0 Å². The predicted octanol–water partition coefficient (Wildman–Crippen LogP) is 1.82. The maximum Gasteiger partial charge on any atom is 0.250 e. The Balaban J connectivity index is 1.15. The van der Waals surface area contributed by atoms with Gasteiger partial charge in [-0.05, 0) is 30.2 Å². The molecule has 3 saturated heterocycles.